The molecule has 1 heterocycles. The molecule has 2 N–H and O–H groups in total. The van der Waals surface area contributed by atoms with Crippen molar-refractivity contribution >= 4 is 17.7 Å². The Morgan fingerprint density at radius 1 is 1.02 bits per heavy atom. The van der Waals surface area contributed by atoms with Crippen LogP contribution in [0.25, 0.3) is 0 Å². The van der Waals surface area contributed by atoms with E-state index in [1.807, 2.05) is 18.7 Å². The first kappa shape index (κ1) is 33.1. The molecule has 10 nitrogen and oxygen atoms in total. The first-order chi connectivity index (χ1) is 20.7. The van der Waals surface area contributed by atoms with Crippen LogP contribution < -0.4 is 20.1 Å². The summed E-state index contributed by atoms with van der Waals surface area (Å²) in [7, 11) is 3.25. The maximum atomic E-state index is 13.9. The van der Waals surface area contributed by atoms with Gasteiger partial charge in [0.15, 0.2) is 11.5 Å². The number of nitrogens with zero attached hydrogens (tertiary/aromatic N) is 2. The molecule has 1 saturated heterocycles. The highest BCUT2D eigenvalue weighted by Gasteiger charge is 2.43. The molecular weight excluding hydrogens is 548 g/mol. The van der Waals surface area contributed by atoms with E-state index in [2.05, 4.69) is 15.5 Å². The molecule has 2 unspecified atom stereocenters. The Morgan fingerprint density at radius 3 is 2.33 bits per heavy atom. The highest BCUT2D eigenvalue weighted by molar-refractivity contribution is 5.95. The summed E-state index contributed by atoms with van der Waals surface area (Å²) in [6.45, 7) is 9.61. The zero-order valence-corrected chi connectivity index (χ0v) is 26.8. The monoisotopic (exact) mass is 600 g/mol. The van der Waals surface area contributed by atoms with Crippen molar-refractivity contribution in [1.29, 1.82) is 0 Å². The van der Waals surface area contributed by atoms with Crippen molar-refractivity contribution < 1.29 is 28.6 Å². The molecule has 10 heteroatoms. The Balaban J connectivity index is 1.43. The Labute approximate surface area is 257 Å². The van der Waals surface area contributed by atoms with Crippen molar-refractivity contribution in [1.82, 2.24) is 20.4 Å². The van der Waals surface area contributed by atoms with Crippen LogP contribution in [0.3, 0.4) is 0 Å². The molecule has 0 aromatic heterocycles. The predicted molar refractivity (Wildman–Crippen MR) is 165 cm³/mol. The first-order valence-corrected chi connectivity index (χ1v) is 16.1. The van der Waals surface area contributed by atoms with Gasteiger partial charge < -0.3 is 34.6 Å². The number of hydrogen-bond donors (Lipinski definition) is 2. The molecule has 3 amide bonds. The fourth-order valence-corrected chi connectivity index (χ4v) is 6.72. The lowest BCUT2D eigenvalue weighted by molar-refractivity contribution is -0.134. The molecule has 4 rings (SSSR count). The molecule has 240 valence electrons. The van der Waals surface area contributed by atoms with E-state index in [0.717, 1.165) is 58.0 Å². The molecule has 1 aromatic rings. The molecule has 0 spiro atoms. The first-order valence-electron chi connectivity index (χ1n) is 16.1. The second-order valence-electron chi connectivity index (χ2n) is 12.9. The van der Waals surface area contributed by atoms with Gasteiger partial charge in [0, 0.05) is 82.8 Å². The second-order valence-corrected chi connectivity index (χ2v) is 12.9. The van der Waals surface area contributed by atoms with Crippen molar-refractivity contribution in [3.05, 3.63) is 23.8 Å². The van der Waals surface area contributed by atoms with Crippen molar-refractivity contribution in [3.8, 4) is 11.5 Å². The summed E-state index contributed by atoms with van der Waals surface area (Å²) in [6, 6.07) is 5.64. The average Bonchev–Trinajstić information content (AvgIpc) is 3.56. The van der Waals surface area contributed by atoms with Crippen LogP contribution in [0.4, 0.5) is 0 Å². The van der Waals surface area contributed by atoms with Gasteiger partial charge in [-0.3, -0.25) is 14.4 Å². The van der Waals surface area contributed by atoms with Gasteiger partial charge in [-0.05, 0) is 69.6 Å². The normalized spacial score (nSPS) is 21.1. The Kier molecular flexibility index (Phi) is 11.7. The van der Waals surface area contributed by atoms with Crippen LogP contribution in [0.1, 0.15) is 82.5 Å². The van der Waals surface area contributed by atoms with Crippen LogP contribution in [-0.2, 0) is 14.3 Å². The van der Waals surface area contributed by atoms with Gasteiger partial charge in [-0.15, -0.1) is 0 Å². The van der Waals surface area contributed by atoms with E-state index < -0.39 is 5.54 Å². The number of benzene rings is 1. The SMILES string of the molecule is COCCCOc1cc(C(=O)N(CC2CNCC2CN(C(=O)CC2(NC(C)=O)CCCC2)C2CC2)C(C)C)ccc1OC. The van der Waals surface area contributed by atoms with Gasteiger partial charge in [-0.25, -0.2) is 0 Å². The molecule has 3 aliphatic rings. The number of carbonyl (C=O) groups is 3. The Hall–Kier alpha value is -2.85. The van der Waals surface area contributed by atoms with Crippen LogP contribution in [0.15, 0.2) is 18.2 Å². The van der Waals surface area contributed by atoms with E-state index in [4.69, 9.17) is 14.2 Å². The van der Waals surface area contributed by atoms with E-state index in [-0.39, 0.29) is 41.6 Å². The van der Waals surface area contributed by atoms with Gasteiger partial charge in [0.05, 0.1) is 13.7 Å². The lowest BCUT2D eigenvalue weighted by atomic mass is 9.90. The fraction of sp³-hybridized carbons (Fsp3) is 0.727. The van der Waals surface area contributed by atoms with Gasteiger partial charge in [-0.2, -0.15) is 0 Å². The number of ether oxygens (including phenoxy) is 3. The molecule has 2 aliphatic carbocycles. The standard InChI is InChI=1S/C33H52N4O6/c1-23(2)36(32(40)25-9-12-29(42-5)30(17-25)43-16-8-15-41-4)21-26-19-34-20-27(26)22-37(28-10-11-28)31(39)18-33(35-24(3)38)13-6-7-14-33/h9,12,17,23,26-28,34H,6-8,10-11,13-16,18-22H2,1-5H3,(H,35,38). The molecule has 2 saturated carbocycles. The minimum absolute atomic E-state index is 0.00275. The van der Waals surface area contributed by atoms with Crippen LogP contribution >= 0.6 is 0 Å². The third kappa shape index (κ3) is 8.85. The second kappa shape index (κ2) is 15.2. The van der Waals surface area contributed by atoms with Crippen LogP contribution in [0, 0.1) is 11.8 Å². The minimum Gasteiger partial charge on any atom is -0.493 e. The van der Waals surface area contributed by atoms with E-state index >= 15 is 0 Å². The predicted octanol–water partition coefficient (Wildman–Crippen LogP) is 3.63. The number of rotatable bonds is 16. The highest BCUT2D eigenvalue weighted by Crippen LogP contribution is 2.36. The zero-order chi connectivity index (χ0) is 31.0. The highest BCUT2D eigenvalue weighted by atomic mass is 16.5. The van der Waals surface area contributed by atoms with Crippen LogP contribution in [0.2, 0.25) is 0 Å². The van der Waals surface area contributed by atoms with Crippen LogP contribution in [0.5, 0.6) is 11.5 Å². The largest absolute Gasteiger partial charge is 0.493 e. The minimum atomic E-state index is -0.408. The van der Waals surface area contributed by atoms with Gasteiger partial charge in [0.2, 0.25) is 11.8 Å². The molecule has 3 fully saturated rings. The summed E-state index contributed by atoms with van der Waals surface area (Å²) in [5.41, 5.74) is 0.156. The van der Waals surface area contributed by atoms with E-state index in [0.29, 0.717) is 49.8 Å². The number of carbonyl (C=O) groups excluding carboxylic acids is 3. The van der Waals surface area contributed by atoms with Crippen molar-refractivity contribution in [2.75, 3.05) is 53.6 Å². The lowest BCUT2D eigenvalue weighted by Gasteiger charge is -2.36. The summed E-state index contributed by atoms with van der Waals surface area (Å²) in [5.74, 6) is 1.65. The maximum absolute atomic E-state index is 13.9. The van der Waals surface area contributed by atoms with Crippen molar-refractivity contribution in [2.24, 2.45) is 11.8 Å². The molecule has 1 aliphatic heterocycles. The summed E-state index contributed by atoms with van der Waals surface area (Å²) in [5, 5.41) is 6.67. The summed E-state index contributed by atoms with van der Waals surface area (Å²) < 4.78 is 16.5. The Morgan fingerprint density at radius 2 is 1.72 bits per heavy atom. The van der Waals surface area contributed by atoms with Crippen molar-refractivity contribution in [2.45, 2.75) is 89.8 Å². The summed E-state index contributed by atoms with van der Waals surface area (Å²) in [6.07, 6.45) is 6.99. The zero-order valence-electron chi connectivity index (χ0n) is 26.8. The van der Waals surface area contributed by atoms with Gasteiger partial charge in [0.25, 0.3) is 5.91 Å². The number of methoxy groups -OCH3 is 2. The lowest BCUT2D eigenvalue weighted by Crippen LogP contribution is -2.51. The van der Waals surface area contributed by atoms with E-state index in [1.54, 1.807) is 39.3 Å². The van der Waals surface area contributed by atoms with Crippen molar-refractivity contribution in [3.63, 3.8) is 0 Å². The average molecular weight is 601 g/mol. The third-order valence-electron chi connectivity index (χ3n) is 9.19. The number of nitrogens with one attached hydrogen (secondary N) is 2. The van der Waals surface area contributed by atoms with Gasteiger partial charge in [0.1, 0.15) is 0 Å². The fourth-order valence-electron chi connectivity index (χ4n) is 6.72. The van der Waals surface area contributed by atoms with Crippen LogP contribution in [-0.4, -0.2) is 98.8 Å². The van der Waals surface area contributed by atoms with Gasteiger partial charge >= 0.3 is 0 Å². The third-order valence-corrected chi connectivity index (χ3v) is 9.19. The van der Waals surface area contributed by atoms with E-state index in [9.17, 15) is 14.4 Å². The van der Waals surface area contributed by atoms with E-state index in [1.165, 1.54) is 0 Å². The number of hydrogen-bond acceptors (Lipinski definition) is 7. The molecule has 0 radical (unpaired) electrons. The molecule has 1 aromatic carbocycles. The molecular formula is C33H52N4O6. The van der Waals surface area contributed by atoms with Gasteiger partial charge in [-0.1, -0.05) is 12.8 Å². The quantitative estimate of drug-likeness (QED) is 0.279. The maximum Gasteiger partial charge on any atom is 0.254 e. The molecule has 43 heavy (non-hydrogen) atoms. The molecule has 2 atom stereocenters. The topological polar surface area (TPSA) is 109 Å². The smallest absolute Gasteiger partial charge is 0.254 e. The summed E-state index contributed by atoms with van der Waals surface area (Å²) >= 11 is 0. The number of amides is 3. The Bertz CT molecular complexity index is 1100. The molecule has 0 bridgehead atoms. The summed E-state index contributed by atoms with van der Waals surface area (Å²) in [4.78, 5) is 43.6.